The van der Waals surface area contributed by atoms with Crippen LogP contribution in [-0.4, -0.2) is 114 Å². The zero-order chi connectivity index (χ0) is 92.9. The molecule has 0 aliphatic rings. The van der Waals surface area contributed by atoms with Crippen molar-refractivity contribution >= 4 is 81.9 Å². The monoisotopic (exact) mass is 1870 g/mol. The standard InChI is InChI=1S/2C56H98O7S.Ca/c2*1-3-5-7-9-11-13-15-17-19-21-23-25-27-29-31-33-35-37-39-41-43-45-50-62-55(57)52-48-47-49-53(64(59,60)61)54(52)56(58)63-51-46-44-42-40-38-36-34-32-30-28-26-24-22-20-18-16-14-12-10-8-6-4-2;/h2*13-16,47-49H,3-12,17-46,50-51H2,1-2H3,(H,59,60,61);/q;;+2/p-2/b2*15-13+,16-14+;. The van der Waals surface area contributed by atoms with Crippen molar-refractivity contribution < 1.29 is 64.1 Å². The van der Waals surface area contributed by atoms with Crippen LogP contribution in [0, 0.1) is 0 Å². The van der Waals surface area contributed by atoms with Crippen molar-refractivity contribution in [2.45, 2.75) is 551 Å². The van der Waals surface area contributed by atoms with Gasteiger partial charge in [0.2, 0.25) is 0 Å². The Morgan fingerprint density at radius 1 is 0.217 bits per heavy atom. The summed E-state index contributed by atoms with van der Waals surface area (Å²) in [7, 11) is -10.0. The molecule has 0 N–H and O–H groups in total. The maximum absolute atomic E-state index is 13.1. The van der Waals surface area contributed by atoms with Gasteiger partial charge in [-0.15, -0.1) is 0 Å². The molecule has 0 aliphatic heterocycles. The van der Waals surface area contributed by atoms with E-state index >= 15 is 0 Å². The summed E-state index contributed by atoms with van der Waals surface area (Å²) in [6, 6.07) is 7.31. The van der Waals surface area contributed by atoms with Crippen molar-refractivity contribution in [3.63, 3.8) is 0 Å². The predicted molar refractivity (Wildman–Crippen MR) is 544 cm³/mol. The minimum absolute atomic E-state index is 0. The van der Waals surface area contributed by atoms with Crippen LogP contribution in [0.2, 0.25) is 0 Å². The molecule has 2 aromatic carbocycles. The van der Waals surface area contributed by atoms with Crippen molar-refractivity contribution in [2.75, 3.05) is 26.4 Å². The number of hydrogen-bond donors (Lipinski definition) is 0. The summed E-state index contributed by atoms with van der Waals surface area (Å²) in [5.74, 6) is -3.60. The molecule has 129 heavy (non-hydrogen) atoms. The molecule has 0 aliphatic carbocycles. The first-order chi connectivity index (χ1) is 62.6. The summed E-state index contributed by atoms with van der Waals surface area (Å²) in [6.07, 6.45) is 118. The fourth-order valence-electron chi connectivity index (χ4n) is 16.8. The molecular weight excluding hydrogens is 1670 g/mol. The van der Waals surface area contributed by atoms with E-state index in [9.17, 15) is 45.1 Å². The Bertz CT molecular complexity index is 3020. The second kappa shape index (κ2) is 96.1. The molecule has 740 valence electrons. The second-order valence-corrected chi connectivity index (χ2v) is 39.7. The van der Waals surface area contributed by atoms with Gasteiger partial charge in [0, 0.05) is 0 Å². The molecule has 0 saturated heterocycles. The molecule has 0 fully saturated rings. The SMILES string of the molecule is CCCCCC/C=C/CCCCCCCCCCCCCCCCOC(=O)c1cccc(S(=O)(=O)[O-])c1C(=O)OCCCCCCCCCCCCCCCC/C=C/CCCCCC.CCCCCC/C=C/CCCCCCCCCCCCCCCCOC(=O)c1cccc(S(=O)(=O)[O-])c1C(=O)OCCCCCCCCCCCCCCCC/C=C/CCCCCC.[Ca+2]. The number of carbonyl (C=O) groups is 4. The summed E-state index contributed by atoms with van der Waals surface area (Å²) in [5, 5.41) is 0. The van der Waals surface area contributed by atoms with Gasteiger partial charge in [-0.2, -0.15) is 0 Å². The Hall–Kier alpha value is -3.64. The van der Waals surface area contributed by atoms with Crippen LogP contribution in [0.1, 0.15) is 583 Å². The largest absolute Gasteiger partial charge is 2.00 e. The number of hydrogen-bond acceptors (Lipinski definition) is 14. The molecule has 0 aromatic heterocycles. The van der Waals surface area contributed by atoms with E-state index in [1.807, 2.05) is 0 Å². The third kappa shape index (κ3) is 80.2. The topological polar surface area (TPSA) is 220 Å². The van der Waals surface area contributed by atoms with E-state index < -0.39 is 65.0 Å². The van der Waals surface area contributed by atoms with Crippen LogP contribution in [-0.2, 0) is 39.2 Å². The van der Waals surface area contributed by atoms with Crippen molar-refractivity contribution in [1.82, 2.24) is 0 Å². The van der Waals surface area contributed by atoms with Gasteiger partial charge in [0.05, 0.1) is 58.5 Å². The Morgan fingerprint density at radius 2 is 0.357 bits per heavy atom. The van der Waals surface area contributed by atoms with Gasteiger partial charge in [0.15, 0.2) is 0 Å². The van der Waals surface area contributed by atoms with Crippen LogP contribution in [0.15, 0.2) is 94.8 Å². The molecule has 2 aromatic rings. The number of esters is 4. The molecule has 0 heterocycles. The molecule has 0 unspecified atom stereocenters. The van der Waals surface area contributed by atoms with Gasteiger partial charge in [-0.3, -0.25) is 0 Å². The first-order valence-corrected chi connectivity index (χ1v) is 56.9. The number of carbonyl (C=O) groups excluding carboxylic acids is 4. The Morgan fingerprint density at radius 3 is 0.512 bits per heavy atom. The van der Waals surface area contributed by atoms with Gasteiger partial charge in [-0.05, 0) is 153 Å². The van der Waals surface area contributed by atoms with Gasteiger partial charge in [-0.25, -0.2) is 36.0 Å². The molecule has 0 bridgehead atoms. The summed E-state index contributed by atoms with van der Waals surface area (Å²) < 4.78 is 94.0. The molecule has 14 nitrogen and oxygen atoms in total. The van der Waals surface area contributed by atoms with Gasteiger partial charge >= 0.3 is 61.6 Å². The van der Waals surface area contributed by atoms with E-state index in [2.05, 4.69) is 76.3 Å². The third-order valence-electron chi connectivity index (χ3n) is 25.0. The molecule has 0 spiro atoms. The van der Waals surface area contributed by atoms with Gasteiger partial charge in [0.1, 0.15) is 20.2 Å². The molecule has 0 radical (unpaired) electrons. The number of ether oxygens (including phenoxy) is 4. The number of benzene rings is 2. The number of allylic oxidation sites excluding steroid dienone is 8. The fourth-order valence-corrected chi connectivity index (χ4v) is 18.2. The summed E-state index contributed by atoms with van der Waals surface area (Å²) in [6.45, 7) is 9.55. The summed E-state index contributed by atoms with van der Waals surface area (Å²) in [5.41, 5.74) is -1.54. The first-order valence-electron chi connectivity index (χ1n) is 54.1. The smallest absolute Gasteiger partial charge is 0.744 e. The van der Waals surface area contributed by atoms with E-state index in [1.165, 1.54) is 435 Å². The van der Waals surface area contributed by atoms with Gasteiger partial charge < -0.3 is 28.1 Å². The van der Waals surface area contributed by atoms with Crippen LogP contribution in [0.25, 0.3) is 0 Å². The van der Waals surface area contributed by atoms with Gasteiger partial charge in [-0.1, -0.05) is 474 Å². The van der Waals surface area contributed by atoms with E-state index in [1.54, 1.807) is 0 Å². The third-order valence-corrected chi connectivity index (χ3v) is 26.8. The van der Waals surface area contributed by atoms with Crippen molar-refractivity contribution in [3.8, 4) is 0 Å². The Kier molecular flexibility index (Phi) is 93.3. The van der Waals surface area contributed by atoms with Crippen LogP contribution >= 0.6 is 0 Å². The Balaban J connectivity index is 0.00000252. The van der Waals surface area contributed by atoms with Crippen LogP contribution in [0.4, 0.5) is 0 Å². The summed E-state index contributed by atoms with van der Waals surface area (Å²) >= 11 is 0. The van der Waals surface area contributed by atoms with E-state index in [0.29, 0.717) is 25.7 Å². The fraction of sp³-hybridized carbons (Fsp3) is 0.786. The van der Waals surface area contributed by atoms with Crippen LogP contribution < -0.4 is 0 Å². The van der Waals surface area contributed by atoms with Crippen molar-refractivity contribution in [2.24, 2.45) is 0 Å². The number of unbranched alkanes of at least 4 members (excludes halogenated alkanes) is 72. The molecular formula is C112H194CaO14S2. The molecule has 2 rings (SSSR count). The van der Waals surface area contributed by atoms with E-state index in [-0.39, 0.29) is 75.3 Å². The van der Waals surface area contributed by atoms with Crippen LogP contribution in [0.3, 0.4) is 0 Å². The first kappa shape index (κ1) is 125. The minimum atomic E-state index is -5.02. The average Bonchev–Trinajstić information content (AvgIpc) is 0.794. The average molecular weight is 1870 g/mol. The molecule has 0 amide bonds. The molecule has 0 atom stereocenters. The predicted octanol–water partition coefficient (Wildman–Crippen LogP) is 34.9. The molecule has 17 heteroatoms. The van der Waals surface area contributed by atoms with Crippen LogP contribution in [0.5, 0.6) is 0 Å². The van der Waals surface area contributed by atoms with Crippen molar-refractivity contribution in [1.29, 1.82) is 0 Å². The zero-order valence-corrected chi connectivity index (χ0v) is 87.6. The summed E-state index contributed by atoms with van der Waals surface area (Å²) in [4.78, 5) is 50.7. The minimum Gasteiger partial charge on any atom is -0.744 e. The number of rotatable bonds is 94. The maximum atomic E-state index is 13.1. The zero-order valence-electron chi connectivity index (χ0n) is 83.7. The van der Waals surface area contributed by atoms with Gasteiger partial charge in [0.25, 0.3) is 0 Å². The van der Waals surface area contributed by atoms with E-state index in [0.717, 1.165) is 89.2 Å². The Labute approximate surface area is 824 Å². The second-order valence-electron chi connectivity index (χ2n) is 37.0. The quantitative estimate of drug-likeness (QED) is 0.0150. The van der Waals surface area contributed by atoms with Crippen molar-refractivity contribution in [3.05, 3.63) is 107 Å². The maximum Gasteiger partial charge on any atom is 2.00 e. The molecule has 0 saturated carbocycles. The van der Waals surface area contributed by atoms with E-state index in [4.69, 9.17) is 18.9 Å². The normalized spacial score (nSPS) is 11.8.